The van der Waals surface area contributed by atoms with Crippen LogP contribution in [0.3, 0.4) is 0 Å². The number of nitrogen functional groups attached to an aromatic ring is 1. The molecule has 0 unspecified atom stereocenters. The van der Waals surface area contributed by atoms with Crippen molar-refractivity contribution in [2.24, 2.45) is 0 Å². The van der Waals surface area contributed by atoms with E-state index in [1.807, 2.05) is 30.3 Å². The number of thiazole rings is 1. The molecule has 6 heteroatoms. The van der Waals surface area contributed by atoms with Crippen LogP contribution in [0, 0.1) is 0 Å². The maximum absolute atomic E-state index is 12.3. The highest BCUT2D eigenvalue weighted by atomic mass is 32.1. The van der Waals surface area contributed by atoms with Crippen LogP contribution in [0.5, 0.6) is 0 Å². The summed E-state index contributed by atoms with van der Waals surface area (Å²) in [4.78, 5) is 18.4. The van der Waals surface area contributed by atoms with Gasteiger partial charge in [0.1, 0.15) is 4.88 Å². The fourth-order valence-corrected chi connectivity index (χ4v) is 3.40. The Morgan fingerprint density at radius 2 is 2.14 bits per heavy atom. The predicted molar refractivity (Wildman–Crippen MR) is 82.2 cm³/mol. The van der Waals surface area contributed by atoms with Gasteiger partial charge in [-0.05, 0) is 12.0 Å². The molecule has 0 spiro atoms. The van der Waals surface area contributed by atoms with Gasteiger partial charge in [0, 0.05) is 19.0 Å². The zero-order valence-electron chi connectivity index (χ0n) is 11.5. The second-order valence-electron chi connectivity index (χ2n) is 5.19. The van der Waals surface area contributed by atoms with Crippen LogP contribution in [0.2, 0.25) is 0 Å². The van der Waals surface area contributed by atoms with E-state index in [9.17, 15) is 9.90 Å². The lowest BCUT2D eigenvalue weighted by molar-refractivity contribution is 0.0385. The number of amides is 1. The van der Waals surface area contributed by atoms with Gasteiger partial charge in [-0.2, -0.15) is 0 Å². The predicted octanol–water partition coefficient (Wildman–Crippen LogP) is 1.72. The van der Waals surface area contributed by atoms with Crippen molar-refractivity contribution >= 4 is 22.4 Å². The Labute approximate surface area is 127 Å². The molecule has 1 aromatic carbocycles. The third-order valence-corrected chi connectivity index (χ3v) is 4.65. The van der Waals surface area contributed by atoms with E-state index in [4.69, 9.17) is 5.73 Å². The number of β-amino-alcohol motifs (C(OH)–C–C–N with tert-alkyl or cyclic N) is 1. The number of carbonyl (C=O) groups excluding carboxylic acids is 1. The largest absolute Gasteiger partial charge is 0.391 e. The second-order valence-corrected chi connectivity index (χ2v) is 6.25. The average Bonchev–Trinajstić information content (AvgIpc) is 2.94. The maximum atomic E-state index is 12.3. The molecule has 1 aliphatic heterocycles. The molecule has 2 aromatic rings. The molecular weight excluding hydrogens is 286 g/mol. The first-order valence-electron chi connectivity index (χ1n) is 6.88. The van der Waals surface area contributed by atoms with E-state index in [-0.39, 0.29) is 11.8 Å². The molecule has 110 valence electrons. The topological polar surface area (TPSA) is 79.5 Å². The molecule has 0 saturated carbocycles. The van der Waals surface area contributed by atoms with Crippen molar-refractivity contribution in [3.05, 3.63) is 47.0 Å². The number of aliphatic hydroxyl groups excluding tert-OH is 1. The van der Waals surface area contributed by atoms with Gasteiger partial charge < -0.3 is 15.7 Å². The van der Waals surface area contributed by atoms with E-state index in [0.29, 0.717) is 23.1 Å². The number of piperidine rings is 1. The quantitative estimate of drug-likeness (QED) is 0.885. The molecule has 1 amide bonds. The molecule has 1 saturated heterocycles. The number of nitrogens with two attached hydrogens (primary N) is 1. The van der Waals surface area contributed by atoms with Crippen molar-refractivity contribution in [1.29, 1.82) is 0 Å². The molecule has 0 radical (unpaired) electrons. The van der Waals surface area contributed by atoms with Crippen molar-refractivity contribution < 1.29 is 9.90 Å². The van der Waals surface area contributed by atoms with Gasteiger partial charge in [-0.15, -0.1) is 0 Å². The van der Waals surface area contributed by atoms with Crippen LogP contribution in [0.4, 0.5) is 5.13 Å². The Bertz CT molecular complexity index is 629. The summed E-state index contributed by atoms with van der Waals surface area (Å²) in [6, 6.07) is 9.95. The van der Waals surface area contributed by atoms with Crippen LogP contribution in [0.25, 0.3) is 0 Å². The fourth-order valence-electron chi connectivity index (χ4n) is 2.75. The summed E-state index contributed by atoms with van der Waals surface area (Å²) in [5.74, 6) is -0.0171. The van der Waals surface area contributed by atoms with E-state index < -0.39 is 6.10 Å². The summed E-state index contributed by atoms with van der Waals surface area (Å²) in [5, 5.41) is 10.8. The lowest BCUT2D eigenvalue weighted by Crippen LogP contribution is -2.45. The van der Waals surface area contributed by atoms with Crippen molar-refractivity contribution in [1.82, 2.24) is 9.88 Å². The van der Waals surface area contributed by atoms with Gasteiger partial charge in [-0.3, -0.25) is 4.79 Å². The first-order chi connectivity index (χ1) is 10.1. The molecule has 2 heterocycles. The lowest BCUT2D eigenvalue weighted by atomic mass is 9.87. The molecule has 1 aliphatic rings. The van der Waals surface area contributed by atoms with Gasteiger partial charge in [0.05, 0.1) is 12.3 Å². The number of benzene rings is 1. The van der Waals surface area contributed by atoms with Gasteiger partial charge >= 0.3 is 0 Å². The molecule has 1 aromatic heterocycles. The Morgan fingerprint density at radius 1 is 1.38 bits per heavy atom. The minimum atomic E-state index is -0.546. The number of anilines is 1. The first kappa shape index (κ1) is 14.0. The third kappa shape index (κ3) is 2.91. The van der Waals surface area contributed by atoms with Crippen molar-refractivity contribution in [3.63, 3.8) is 0 Å². The number of aliphatic hydroxyl groups is 1. The Morgan fingerprint density at radius 3 is 2.76 bits per heavy atom. The minimum absolute atomic E-state index is 0.0850. The van der Waals surface area contributed by atoms with Gasteiger partial charge in [-0.1, -0.05) is 41.7 Å². The fraction of sp³-hybridized carbons (Fsp3) is 0.333. The Hall–Kier alpha value is -1.92. The summed E-state index contributed by atoms with van der Waals surface area (Å²) >= 11 is 1.18. The second kappa shape index (κ2) is 5.83. The van der Waals surface area contributed by atoms with E-state index >= 15 is 0 Å². The summed E-state index contributed by atoms with van der Waals surface area (Å²) < 4.78 is 0. The summed E-state index contributed by atoms with van der Waals surface area (Å²) in [7, 11) is 0. The summed E-state index contributed by atoms with van der Waals surface area (Å²) in [6.45, 7) is 0.976. The Kier molecular flexibility index (Phi) is 3.90. The summed E-state index contributed by atoms with van der Waals surface area (Å²) in [5.41, 5.74) is 6.68. The molecule has 5 nitrogen and oxygen atoms in total. The van der Waals surface area contributed by atoms with E-state index in [1.54, 1.807) is 4.90 Å². The van der Waals surface area contributed by atoms with Crippen molar-refractivity contribution in [2.75, 3.05) is 18.8 Å². The highest BCUT2D eigenvalue weighted by molar-refractivity contribution is 7.17. The number of rotatable bonds is 2. The van der Waals surface area contributed by atoms with Gasteiger partial charge in [0.2, 0.25) is 0 Å². The zero-order chi connectivity index (χ0) is 14.8. The van der Waals surface area contributed by atoms with Crippen LogP contribution in [0.1, 0.15) is 27.6 Å². The summed E-state index contributed by atoms with van der Waals surface area (Å²) in [6.07, 6.45) is 1.71. The van der Waals surface area contributed by atoms with Crippen LogP contribution in [-0.2, 0) is 0 Å². The van der Waals surface area contributed by atoms with Crippen molar-refractivity contribution in [3.8, 4) is 0 Å². The van der Waals surface area contributed by atoms with Crippen LogP contribution < -0.4 is 5.73 Å². The number of aromatic nitrogens is 1. The zero-order valence-corrected chi connectivity index (χ0v) is 12.3. The number of carbonyl (C=O) groups is 1. The SMILES string of the molecule is Nc1ncc(C(=O)N2CC[C@@H](c3ccccc3)[C@H](O)C2)s1. The van der Waals surface area contributed by atoms with E-state index in [1.165, 1.54) is 17.5 Å². The Balaban J connectivity index is 1.69. The molecule has 21 heavy (non-hydrogen) atoms. The molecule has 3 N–H and O–H groups in total. The number of hydrogen-bond donors (Lipinski definition) is 2. The van der Waals surface area contributed by atoms with Gasteiger partial charge in [0.15, 0.2) is 5.13 Å². The molecule has 3 rings (SSSR count). The van der Waals surface area contributed by atoms with E-state index in [0.717, 1.165) is 12.0 Å². The van der Waals surface area contributed by atoms with Crippen LogP contribution in [-0.4, -0.2) is 40.1 Å². The molecular formula is C15H17N3O2S. The first-order valence-corrected chi connectivity index (χ1v) is 7.70. The molecule has 0 bridgehead atoms. The molecule has 2 atom stereocenters. The highest BCUT2D eigenvalue weighted by Crippen LogP contribution is 2.29. The number of likely N-dealkylation sites (tertiary alicyclic amines) is 1. The lowest BCUT2D eigenvalue weighted by Gasteiger charge is -2.36. The standard InChI is InChI=1S/C15H17N3O2S/c16-15-17-8-13(21-15)14(20)18-7-6-11(12(19)9-18)10-4-2-1-3-5-10/h1-5,8,11-12,19H,6-7,9H2,(H2,16,17)/t11-,12+/m0/s1. The van der Waals surface area contributed by atoms with Crippen LogP contribution in [0.15, 0.2) is 36.5 Å². The number of nitrogens with zero attached hydrogens (tertiary/aromatic N) is 2. The molecule has 1 fully saturated rings. The van der Waals surface area contributed by atoms with Crippen molar-refractivity contribution in [2.45, 2.75) is 18.4 Å². The highest BCUT2D eigenvalue weighted by Gasteiger charge is 2.31. The van der Waals surface area contributed by atoms with Gasteiger partial charge in [0.25, 0.3) is 5.91 Å². The van der Waals surface area contributed by atoms with E-state index in [2.05, 4.69) is 4.98 Å². The minimum Gasteiger partial charge on any atom is -0.391 e. The normalized spacial score (nSPS) is 22.2. The third-order valence-electron chi connectivity index (χ3n) is 3.83. The monoisotopic (exact) mass is 303 g/mol. The van der Waals surface area contributed by atoms with Crippen LogP contribution >= 0.6 is 11.3 Å². The average molecular weight is 303 g/mol. The smallest absolute Gasteiger partial charge is 0.265 e. The van der Waals surface area contributed by atoms with Gasteiger partial charge in [-0.25, -0.2) is 4.98 Å². The molecule has 0 aliphatic carbocycles. The maximum Gasteiger partial charge on any atom is 0.265 e. The number of hydrogen-bond acceptors (Lipinski definition) is 5.